The topological polar surface area (TPSA) is 21.7 Å². The van der Waals surface area contributed by atoms with Crippen LogP contribution in [0.1, 0.15) is 48.0 Å². The van der Waals surface area contributed by atoms with E-state index in [1.54, 1.807) is 0 Å². The highest BCUT2D eigenvalue weighted by Crippen LogP contribution is 2.44. The minimum absolute atomic E-state index is 0.517. The molecule has 0 saturated carbocycles. The zero-order valence-corrected chi connectivity index (χ0v) is 19.4. The Bertz CT molecular complexity index is 1550. The van der Waals surface area contributed by atoms with Crippen molar-refractivity contribution in [1.82, 2.24) is 9.55 Å². The first-order chi connectivity index (χ1) is 15.4. The SMILES string of the molecule is Cc1cn2c(n1)Cc1c(-c3c4ccc(C(C)C)cc4cc[n+]3C)c(C)c3ccccc3c1-2. The van der Waals surface area contributed by atoms with Crippen molar-refractivity contribution in [2.24, 2.45) is 7.05 Å². The number of aryl methyl sites for hydroxylation is 3. The number of benzene rings is 3. The Balaban J connectivity index is 1.75. The van der Waals surface area contributed by atoms with Gasteiger partial charge in [-0.1, -0.05) is 50.2 Å². The predicted molar refractivity (Wildman–Crippen MR) is 132 cm³/mol. The summed E-state index contributed by atoms with van der Waals surface area (Å²) in [5.74, 6) is 1.66. The van der Waals surface area contributed by atoms with Gasteiger partial charge in [0.1, 0.15) is 12.9 Å². The van der Waals surface area contributed by atoms with Gasteiger partial charge in [-0.2, -0.15) is 0 Å². The van der Waals surface area contributed by atoms with E-state index >= 15 is 0 Å². The molecule has 0 unspecified atom stereocenters. The summed E-state index contributed by atoms with van der Waals surface area (Å²) in [4.78, 5) is 4.85. The van der Waals surface area contributed by atoms with Crippen molar-refractivity contribution in [3.63, 3.8) is 0 Å². The summed E-state index contributed by atoms with van der Waals surface area (Å²) in [5, 5.41) is 5.24. The molecule has 0 bridgehead atoms. The van der Waals surface area contributed by atoms with Crippen LogP contribution in [0.3, 0.4) is 0 Å². The van der Waals surface area contributed by atoms with Crippen LogP contribution < -0.4 is 4.57 Å². The van der Waals surface area contributed by atoms with Crippen molar-refractivity contribution in [3.05, 3.63) is 89.1 Å². The standard InChI is InChI=1S/C29H28N3/c1-17(2)20-10-11-23-21(14-20)12-13-31(5)29(23)27-19(4)22-8-6-7-9-24(22)28-25(27)15-26-30-18(3)16-32(26)28/h6-14,16-17H,15H2,1-5H3/q+1. The van der Waals surface area contributed by atoms with Crippen LogP contribution >= 0.6 is 0 Å². The average molecular weight is 419 g/mol. The van der Waals surface area contributed by atoms with Crippen LogP contribution in [-0.2, 0) is 13.5 Å². The van der Waals surface area contributed by atoms with Gasteiger partial charge in [-0.15, -0.1) is 0 Å². The van der Waals surface area contributed by atoms with Crippen LogP contribution in [0, 0.1) is 13.8 Å². The molecule has 2 aromatic heterocycles. The Morgan fingerprint density at radius 2 is 1.75 bits per heavy atom. The quantitative estimate of drug-likeness (QED) is 0.302. The van der Waals surface area contributed by atoms with Crippen molar-refractivity contribution in [2.45, 2.75) is 40.0 Å². The van der Waals surface area contributed by atoms with Crippen LogP contribution in [0.5, 0.6) is 0 Å². The minimum Gasteiger partial charge on any atom is -0.302 e. The first kappa shape index (κ1) is 19.2. The van der Waals surface area contributed by atoms with Gasteiger partial charge in [0.15, 0.2) is 6.20 Å². The number of aromatic nitrogens is 3. The van der Waals surface area contributed by atoms with Crippen molar-refractivity contribution < 1.29 is 4.57 Å². The number of fused-ring (bicyclic) bond motifs is 6. The van der Waals surface area contributed by atoms with Crippen LogP contribution in [-0.4, -0.2) is 9.55 Å². The lowest BCUT2D eigenvalue weighted by molar-refractivity contribution is -0.659. The molecule has 1 aliphatic rings. The van der Waals surface area contributed by atoms with Gasteiger partial charge in [0.2, 0.25) is 5.69 Å². The average Bonchev–Trinajstić information content (AvgIpc) is 3.30. The molecule has 0 N–H and O–H groups in total. The van der Waals surface area contributed by atoms with Gasteiger partial charge in [-0.05, 0) is 53.3 Å². The third-order valence-electron chi connectivity index (χ3n) is 7.09. The fraction of sp³-hybridized carbons (Fsp3) is 0.241. The number of rotatable bonds is 2. The summed E-state index contributed by atoms with van der Waals surface area (Å²) in [6.45, 7) is 8.88. The molecule has 32 heavy (non-hydrogen) atoms. The molecule has 158 valence electrons. The molecule has 0 aliphatic carbocycles. The zero-order chi connectivity index (χ0) is 22.1. The molecule has 3 heterocycles. The molecule has 0 saturated heterocycles. The highest BCUT2D eigenvalue weighted by atomic mass is 15.1. The summed E-state index contributed by atoms with van der Waals surface area (Å²) < 4.78 is 4.61. The molecule has 3 heteroatoms. The Hall–Kier alpha value is -3.46. The fourth-order valence-corrected chi connectivity index (χ4v) is 5.51. The fourth-order valence-electron chi connectivity index (χ4n) is 5.51. The highest BCUT2D eigenvalue weighted by Gasteiger charge is 2.31. The highest BCUT2D eigenvalue weighted by molar-refractivity contribution is 6.04. The zero-order valence-electron chi connectivity index (χ0n) is 19.4. The van der Waals surface area contributed by atoms with Gasteiger partial charge >= 0.3 is 0 Å². The largest absolute Gasteiger partial charge is 0.302 e. The van der Waals surface area contributed by atoms with Gasteiger partial charge in [0, 0.05) is 24.1 Å². The number of hydrogen-bond acceptors (Lipinski definition) is 1. The molecule has 5 aromatic rings. The lowest BCUT2D eigenvalue weighted by Crippen LogP contribution is -2.31. The maximum absolute atomic E-state index is 4.85. The molecule has 0 amide bonds. The second kappa shape index (κ2) is 6.77. The number of imidazole rings is 1. The third-order valence-corrected chi connectivity index (χ3v) is 7.09. The number of hydrogen-bond donors (Lipinski definition) is 0. The summed E-state index contributed by atoms with van der Waals surface area (Å²) in [6, 6.07) is 18.0. The van der Waals surface area contributed by atoms with E-state index in [9.17, 15) is 0 Å². The van der Waals surface area contributed by atoms with E-state index in [0.717, 1.165) is 17.9 Å². The van der Waals surface area contributed by atoms with E-state index in [0.29, 0.717) is 5.92 Å². The molecular weight excluding hydrogens is 390 g/mol. The van der Waals surface area contributed by atoms with Gasteiger partial charge in [-0.3, -0.25) is 0 Å². The lowest BCUT2D eigenvalue weighted by Gasteiger charge is -2.17. The third kappa shape index (κ3) is 2.60. The molecule has 0 fully saturated rings. The van der Waals surface area contributed by atoms with E-state index in [1.807, 2.05) is 0 Å². The van der Waals surface area contributed by atoms with Gasteiger partial charge in [0.05, 0.1) is 22.3 Å². The molecule has 0 atom stereocenters. The maximum atomic E-state index is 4.85. The van der Waals surface area contributed by atoms with E-state index < -0.39 is 0 Å². The van der Waals surface area contributed by atoms with Gasteiger partial charge in [0.25, 0.3) is 0 Å². The van der Waals surface area contributed by atoms with E-state index in [2.05, 4.69) is 105 Å². The minimum atomic E-state index is 0.517. The van der Waals surface area contributed by atoms with Crippen molar-refractivity contribution in [1.29, 1.82) is 0 Å². The summed E-state index contributed by atoms with van der Waals surface area (Å²) >= 11 is 0. The normalized spacial score (nSPS) is 12.7. The lowest BCUT2D eigenvalue weighted by atomic mass is 9.88. The molecule has 0 radical (unpaired) electrons. The summed E-state index contributed by atoms with van der Waals surface area (Å²) in [5.41, 5.74) is 9.14. The van der Waals surface area contributed by atoms with E-state index in [1.165, 1.54) is 55.2 Å². The van der Waals surface area contributed by atoms with Crippen LogP contribution in [0.4, 0.5) is 0 Å². The van der Waals surface area contributed by atoms with Crippen molar-refractivity contribution in [2.75, 3.05) is 0 Å². The Morgan fingerprint density at radius 1 is 0.969 bits per heavy atom. The predicted octanol–water partition coefficient (Wildman–Crippen LogP) is 6.31. The van der Waals surface area contributed by atoms with Crippen LogP contribution in [0.2, 0.25) is 0 Å². The van der Waals surface area contributed by atoms with Crippen molar-refractivity contribution in [3.8, 4) is 16.9 Å². The Morgan fingerprint density at radius 3 is 2.53 bits per heavy atom. The Kier molecular flexibility index (Phi) is 4.07. The van der Waals surface area contributed by atoms with Gasteiger partial charge < -0.3 is 4.57 Å². The smallest absolute Gasteiger partial charge is 0.220 e. The first-order valence-electron chi connectivity index (χ1n) is 11.5. The first-order valence-corrected chi connectivity index (χ1v) is 11.5. The molecule has 0 spiro atoms. The second-order valence-corrected chi connectivity index (χ2v) is 9.49. The van der Waals surface area contributed by atoms with E-state index in [-0.39, 0.29) is 0 Å². The Labute approximate surface area is 189 Å². The molecule has 3 aromatic carbocycles. The van der Waals surface area contributed by atoms with Crippen LogP contribution in [0.15, 0.2) is 60.9 Å². The second-order valence-electron chi connectivity index (χ2n) is 9.49. The maximum Gasteiger partial charge on any atom is 0.220 e. The number of pyridine rings is 1. The molecule has 1 aliphatic heterocycles. The van der Waals surface area contributed by atoms with Gasteiger partial charge in [-0.25, -0.2) is 9.55 Å². The molecule has 6 rings (SSSR count). The summed E-state index contributed by atoms with van der Waals surface area (Å²) in [6.07, 6.45) is 5.26. The monoisotopic (exact) mass is 418 g/mol. The van der Waals surface area contributed by atoms with E-state index in [4.69, 9.17) is 4.98 Å². The van der Waals surface area contributed by atoms with Crippen LogP contribution in [0.25, 0.3) is 38.5 Å². The van der Waals surface area contributed by atoms with Crippen molar-refractivity contribution >= 4 is 21.5 Å². The molecular formula is C29H28N3+. The number of nitrogens with zero attached hydrogens (tertiary/aromatic N) is 3. The summed E-state index contributed by atoms with van der Waals surface area (Å²) in [7, 11) is 2.17. The molecule has 3 nitrogen and oxygen atoms in total.